The second kappa shape index (κ2) is 8.84. The standard InChI is InChI=1S/C23H19FN4O4/c1-31-22-10-19-16(9-17(22)23(25)30)20(4-5-26-19)32-21-3-2-13(8-18(21)24)6-15(29)7-14-11-27-28-12-14/h2-5,8-12H,6-7H2,1H3,(H2,25,30)(H,27,28). The van der Waals surface area contributed by atoms with E-state index in [0.717, 1.165) is 5.56 Å². The maximum absolute atomic E-state index is 14.7. The number of aromatic nitrogens is 3. The number of carbonyl (C=O) groups is 2. The Bertz CT molecular complexity index is 1310. The van der Waals surface area contributed by atoms with Crippen molar-refractivity contribution in [2.45, 2.75) is 12.8 Å². The first kappa shape index (κ1) is 21.0. The lowest BCUT2D eigenvalue weighted by Gasteiger charge is -2.12. The number of carbonyl (C=O) groups excluding carboxylic acids is 2. The summed E-state index contributed by atoms with van der Waals surface area (Å²) < 4.78 is 25.7. The van der Waals surface area contributed by atoms with Crippen LogP contribution in [0.25, 0.3) is 10.9 Å². The van der Waals surface area contributed by atoms with Gasteiger partial charge in [-0.15, -0.1) is 0 Å². The maximum Gasteiger partial charge on any atom is 0.252 e. The molecule has 2 aromatic heterocycles. The van der Waals surface area contributed by atoms with Crippen LogP contribution >= 0.6 is 0 Å². The predicted octanol–water partition coefficient (Wildman–Crippen LogP) is 3.35. The number of rotatable bonds is 8. The SMILES string of the molecule is COc1cc2nccc(Oc3ccc(CC(=O)Cc4cn[nH]c4)cc3F)c2cc1C(N)=O. The molecule has 8 nitrogen and oxygen atoms in total. The highest BCUT2D eigenvalue weighted by molar-refractivity contribution is 6.01. The Hall–Kier alpha value is -4.27. The Kier molecular flexibility index (Phi) is 5.80. The Morgan fingerprint density at radius 3 is 2.56 bits per heavy atom. The predicted molar refractivity (Wildman–Crippen MR) is 114 cm³/mol. The van der Waals surface area contributed by atoms with Gasteiger partial charge >= 0.3 is 0 Å². The van der Waals surface area contributed by atoms with Crippen LogP contribution in [0.15, 0.2) is 55.0 Å². The molecular formula is C23H19FN4O4. The molecule has 0 radical (unpaired) electrons. The van der Waals surface area contributed by atoms with E-state index in [2.05, 4.69) is 15.2 Å². The number of methoxy groups -OCH3 is 1. The zero-order valence-corrected chi connectivity index (χ0v) is 17.1. The number of nitrogens with one attached hydrogen (secondary N) is 1. The number of fused-ring (bicyclic) bond motifs is 1. The fourth-order valence-corrected chi connectivity index (χ4v) is 3.35. The summed E-state index contributed by atoms with van der Waals surface area (Å²) in [4.78, 5) is 28.2. The van der Waals surface area contributed by atoms with E-state index in [1.54, 1.807) is 30.6 Å². The molecule has 162 valence electrons. The van der Waals surface area contributed by atoms with Crippen molar-refractivity contribution in [3.63, 3.8) is 0 Å². The summed E-state index contributed by atoms with van der Waals surface area (Å²) in [5.74, 6) is -0.804. The van der Waals surface area contributed by atoms with Crippen molar-refractivity contribution < 1.29 is 23.5 Å². The number of halogens is 1. The van der Waals surface area contributed by atoms with Gasteiger partial charge in [0.2, 0.25) is 0 Å². The van der Waals surface area contributed by atoms with E-state index in [-0.39, 0.29) is 35.7 Å². The van der Waals surface area contributed by atoms with Crippen molar-refractivity contribution in [1.82, 2.24) is 15.2 Å². The Morgan fingerprint density at radius 2 is 1.88 bits per heavy atom. The minimum Gasteiger partial charge on any atom is -0.496 e. The largest absolute Gasteiger partial charge is 0.496 e. The average Bonchev–Trinajstić information content (AvgIpc) is 3.27. The van der Waals surface area contributed by atoms with E-state index in [1.165, 1.54) is 31.5 Å². The number of pyridine rings is 1. The molecule has 0 atom stereocenters. The van der Waals surface area contributed by atoms with Gasteiger partial charge in [0.15, 0.2) is 11.6 Å². The van der Waals surface area contributed by atoms with E-state index < -0.39 is 11.7 Å². The molecule has 2 heterocycles. The number of ether oxygens (including phenoxy) is 2. The Morgan fingerprint density at radius 1 is 1.06 bits per heavy atom. The molecule has 4 aromatic rings. The molecule has 1 amide bonds. The van der Waals surface area contributed by atoms with E-state index in [0.29, 0.717) is 22.2 Å². The van der Waals surface area contributed by atoms with Crippen LogP contribution < -0.4 is 15.2 Å². The van der Waals surface area contributed by atoms with Gasteiger partial charge in [-0.1, -0.05) is 6.07 Å². The summed E-state index contributed by atoms with van der Waals surface area (Å²) in [6.45, 7) is 0. The molecule has 3 N–H and O–H groups in total. The molecule has 2 aromatic carbocycles. The van der Waals surface area contributed by atoms with Crippen LogP contribution in [0.3, 0.4) is 0 Å². The fraction of sp³-hybridized carbons (Fsp3) is 0.130. The van der Waals surface area contributed by atoms with Gasteiger partial charge in [-0.2, -0.15) is 5.10 Å². The van der Waals surface area contributed by atoms with Crippen molar-refractivity contribution in [2.75, 3.05) is 7.11 Å². The highest BCUT2D eigenvalue weighted by atomic mass is 19.1. The molecule has 0 aliphatic carbocycles. The molecular weight excluding hydrogens is 415 g/mol. The molecule has 9 heteroatoms. The lowest BCUT2D eigenvalue weighted by molar-refractivity contribution is -0.117. The fourth-order valence-electron chi connectivity index (χ4n) is 3.35. The number of Topliss-reactive ketones (excluding diaryl/α,β-unsaturated/α-hetero) is 1. The first-order valence-corrected chi connectivity index (χ1v) is 9.67. The molecule has 0 saturated heterocycles. The first-order chi connectivity index (χ1) is 15.4. The number of H-pyrrole nitrogens is 1. The van der Waals surface area contributed by atoms with Crippen LogP contribution in [0.1, 0.15) is 21.5 Å². The van der Waals surface area contributed by atoms with Gasteiger partial charge < -0.3 is 15.2 Å². The van der Waals surface area contributed by atoms with Crippen LogP contribution in [-0.4, -0.2) is 34.0 Å². The minimum atomic E-state index is -0.672. The van der Waals surface area contributed by atoms with Crippen molar-refractivity contribution in [3.05, 3.63) is 77.5 Å². The average molecular weight is 434 g/mol. The second-order valence-electron chi connectivity index (χ2n) is 7.11. The van der Waals surface area contributed by atoms with Gasteiger partial charge in [0.1, 0.15) is 17.3 Å². The van der Waals surface area contributed by atoms with Crippen LogP contribution in [-0.2, 0) is 17.6 Å². The lowest BCUT2D eigenvalue weighted by atomic mass is 10.0. The first-order valence-electron chi connectivity index (χ1n) is 9.67. The van der Waals surface area contributed by atoms with E-state index in [9.17, 15) is 14.0 Å². The number of primary amides is 1. The van der Waals surface area contributed by atoms with E-state index >= 15 is 0 Å². The third kappa shape index (κ3) is 4.41. The molecule has 0 aliphatic heterocycles. The number of benzene rings is 2. The number of hydrogen-bond acceptors (Lipinski definition) is 6. The van der Waals surface area contributed by atoms with Crippen LogP contribution in [0.2, 0.25) is 0 Å². The number of ketones is 1. The smallest absolute Gasteiger partial charge is 0.252 e. The maximum atomic E-state index is 14.7. The van der Waals surface area contributed by atoms with Gasteiger partial charge in [0, 0.05) is 36.7 Å². The van der Waals surface area contributed by atoms with Crippen molar-refractivity contribution in [2.24, 2.45) is 5.73 Å². The van der Waals surface area contributed by atoms with Crippen LogP contribution in [0.4, 0.5) is 4.39 Å². The quantitative estimate of drug-likeness (QED) is 0.439. The van der Waals surface area contributed by atoms with Crippen molar-refractivity contribution in [1.29, 1.82) is 0 Å². The molecule has 0 unspecified atom stereocenters. The van der Waals surface area contributed by atoms with Crippen LogP contribution in [0.5, 0.6) is 17.2 Å². The molecule has 0 bridgehead atoms. The summed E-state index contributed by atoms with van der Waals surface area (Å²) in [6, 6.07) is 8.98. The lowest BCUT2D eigenvalue weighted by Crippen LogP contribution is -2.12. The monoisotopic (exact) mass is 434 g/mol. The van der Waals surface area contributed by atoms with E-state index in [1.807, 2.05) is 0 Å². The number of nitrogens with two attached hydrogens (primary N) is 1. The molecule has 32 heavy (non-hydrogen) atoms. The summed E-state index contributed by atoms with van der Waals surface area (Å²) >= 11 is 0. The molecule has 0 aliphatic rings. The van der Waals surface area contributed by atoms with Gasteiger partial charge in [0.25, 0.3) is 5.91 Å². The van der Waals surface area contributed by atoms with Gasteiger partial charge in [-0.3, -0.25) is 19.7 Å². The van der Waals surface area contributed by atoms with Crippen molar-refractivity contribution in [3.8, 4) is 17.2 Å². The van der Waals surface area contributed by atoms with Gasteiger partial charge in [-0.25, -0.2) is 4.39 Å². The summed E-state index contributed by atoms with van der Waals surface area (Å²) in [5, 5.41) is 6.93. The van der Waals surface area contributed by atoms with Crippen molar-refractivity contribution >= 4 is 22.6 Å². The Balaban J connectivity index is 1.58. The van der Waals surface area contributed by atoms with Gasteiger partial charge in [0.05, 0.1) is 24.4 Å². The second-order valence-corrected chi connectivity index (χ2v) is 7.11. The summed E-state index contributed by atoms with van der Waals surface area (Å²) in [7, 11) is 1.42. The zero-order valence-electron chi connectivity index (χ0n) is 17.1. The number of nitrogens with zero attached hydrogens (tertiary/aromatic N) is 2. The highest BCUT2D eigenvalue weighted by Crippen LogP contribution is 2.34. The van der Waals surface area contributed by atoms with Gasteiger partial charge in [-0.05, 0) is 35.4 Å². The Labute approximate surface area is 182 Å². The third-order valence-corrected chi connectivity index (χ3v) is 4.86. The third-order valence-electron chi connectivity index (χ3n) is 4.86. The molecule has 0 saturated carbocycles. The molecule has 4 rings (SSSR count). The zero-order chi connectivity index (χ0) is 22.7. The topological polar surface area (TPSA) is 120 Å². The normalized spacial score (nSPS) is 10.8. The molecule has 0 fully saturated rings. The number of amides is 1. The highest BCUT2D eigenvalue weighted by Gasteiger charge is 2.16. The summed E-state index contributed by atoms with van der Waals surface area (Å²) in [5.41, 5.74) is 7.38. The number of hydrogen-bond donors (Lipinski definition) is 2. The van der Waals surface area contributed by atoms with E-state index in [4.69, 9.17) is 15.2 Å². The molecule has 0 spiro atoms. The van der Waals surface area contributed by atoms with Crippen LogP contribution in [0, 0.1) is 5.82 Å². The summed E-state index contributed by atoms with van der Waals surface area (Å²) in [6.07, 6.45) is 5.02. The number of aromatic amines is 1. The minimum absolute atomic E-state index is 0.0278.